The molecule has 0 spiro atoms. The van der Waals surface area contributed by atoms with Crippen LogP contribution in [0.25, 0.3) is 0 Å². The van der Waals surface area contributed by atoms with Crippen LogP contribution in [0.3, 0.4) is 0 Å². The van der Waals surface area contributed by atoms with E-state index in [0.29, 0.717) is 22.0 Å². The molecule has 2 aromatic carbocycles. The smallest absolute Gasteiger partial charge is 0.262 e. The summed E-state index contributed by atoms with van der Waals surface area (Å²) in [7, 11) is -3.74. The molecule has 6 heteroatoms. The monoisotopic (exact) mass is 324 g/mol. The fourth-order valence-electron chi connectivity index (χ4n) is 2.20. The lowest BCUT2D eigenvalue weighted by Crippen LogP contribution is -2.15. The fraction of sp³-hybridized carbons (Fsp3) is 0.200. The van der Waals surface area contributed by atoms with Crippen LogP contribution in [-0.4, -0.2) is 8.42 Å². The maximum Gasteiger partial charge on any atom is 0.262 e. The summed E-state index contributed by atoms with van der Waals surface area (Å²) in [6.45, 7) is 5.47. The van der Waals surface area contributed by atoms with E-state index in [1.54, 1.807) is 19.1 Å². The van der Waals surface area contributed by atoms with Crippen LogP contribution in [0.5, 0.6) is 0 Å². The Balaban J connectivity index is 2.48. The van der Waals surface area contributed by atoms with Crippen molar-refractivity contribution >= 4 is 33.0 Å². The largest absolute Gasteiger partial charge is 0.398 e. The van der Waals surface area contributed by atoms with Gasteiger partial charge in [-0.1, -0.05) is 17.7 Å². The summed E-state index contributed by atoms with van der Waals surface area (Å²) in [6, 6.07) is 8.45. The lowest BCUT2D eigenvalue weighted by Gasteiger charge is -2.13. The summed E-state index contributed by atoms with van der Waals surface area (Å²) in [5.41, 5.74) is 9.10. The standard InChI is InChI=1S/C15H17ClN2O2S/c1-9-4-10(2)6-13(5-9)18-21(19,20)15-8-12(16)7-14(17)11(15)3/h4-8,18H,17H2,1-3H3. The number of nitrogens with one attached hydrogen (secondary N) is 1. The van der Waals surface area contributed by atoms with Crippen molar-refractivity contribution in [2.24, 2.45) is 0 Å². The van der Waals surface area contributed by atoms with E-state index in [1.807, 2.05) is 19.9 Å². The van der Waals surface area contributed by atoms with Crippen LogP contribution >= 0.6 is 11.6 Å². The number of rotatable bonds is 3. The van der Waals surface area contributed by atoms with Gasteiger partial charge in [-0.3, -0.25) is 4.72 Å². The molecule has 0 amide bonds. The Morgan fingerprint density at radius 3 is 2.14 bits per heavy atom. The predicted octanol–water partition coefficient (Wildman–Crippen LogP) is 3.65. The van der Waals surface area contributed by atoms with E-state index in [4.69, 9.17) is 17.3 Å². The van der Waals surface area contributed by atoms with Crippen LogP contribution in [-0.2, 0) is 10.0 Å². The summed E-state index contributed by atoms with van der Waals surface area (Å²) in [5.74, 6) is 0. The molecule has 0 aromatic heterocycles. The maximum atomic E-state index is 12.5. The zero-order valence-electron chi connectivity index (χ0n) is 12.1. The normalized spacial score (nSPS) is 11.4. The number of hydrogen-bond acceptors (Lipinski definition) is 3. The molecule has 0 aliphatic heterocycles. The first-order chi connectivity index (χ1) is 9.69. The minimum Gasteiger partial charge on any atom is -0.398 e. The van der Waals surface area contributed by atoms with Crippen LogP contribution < -0.4 is 10.5 Å². The van der Waals surface area contributed by atoms with Crippen LogP contribution in [0.15, 0.2) is 35.2 Å². The van der Waals surface area contributed by atoms with E-state index in [9.17, 15) is 8.42 Å². The second-order valence-corrected chi connectivity index (χ2v) is 7.19. The Kier molecular flexibility index (Phi) is 4.16. The van der Waals surface area contributed by atoms with Gasteiger partial charge in [0.2, 0.25) is 0 Å². The first-order valence-electron chi connectivity index (χ1n) is 6.36. The number of benzene rings is 2. The molecule has 0 atom stereocenters. The minimum atomic E-state index is -3.74. The lowest BCUT2D eigenvalue weighted by molar-refractivity contribution is 0.600. The Bertz CT molecular complexity index is 781. The highest BCUT2D eigenvalue weighted by atomic mass is 35.5. The zero-order valence-corrected chi connectivity index (χ0v) is 13.6. The van der Waals surface area contributed by atoms with E-state index in [1.165, 1.54) is 12.1 Å². The molecule has 0 aliphatic carbocycles. The summed E-state index contributed by atoms with van der Waals surface area (Å²) in [6.07, 6.45) is 0. The van der Waals surface area contributed by atoms with Crippen LogP contribution in [0, 0.1) is 20.8 Å². The summed E-state index contributed by atoms with van der Waals surface area (Å²) < 4.78 is 27.6. The van der Waals surface area contributed by atoms with E-state index < -0.39 is 10.0 Å². The Labute approximate surface area is 130 Å². The van der Waals surface area contributed by atoms with Gasteiger partial charge in [0, 0.05) is 16.4 Å². The predicted molar refractivity (Wildman–Crippen MR) is 87.3 cm³/mol. The quantitative estimate of drug-likeness (QED) is 0.846. The van der Waals surface area contributed by atoms with Crippen molar-refractivity contribution in [3.05, 3.63) is 52.0 Å². The van der Waals surface area contributed by atoms with Gasteiger partial charge in [0.1, 0.15) is 0 Å². The molecule has 0 unspecified atom stereocenters. The number of hydrogen-bond donors (Lipinski definition) is 2. The number of sulfonamides is 1. The topological polar surface area (TPSA) is 72.2 Å². The highest BCUT2D eigenvalue weighted by Crippen LogP contribution is 2.28. The average Bonchev–Trinajstić information content (AvgIpc) is 2.31. The van der Waals surface area contributed by atoms with Gasteiger partial charge in [-0.2, -0.15) is 0 Å². The molecule has 3 N–H and O–H groups in total. The molecule has 4 nitrogen and oxygen atoms in total. The second-order valence-electron chi connectivity index (χ2n) is 5.10. The third kappa shape index (κ3) is 3.49. The second kappa shape index (κ2) is 5.58. The van der Waals surface area contributed by atoms with Gasteiger partial charge in [-0.05, 0) is 61.7 Å². The molecule has 0 saturated heterocycles. The Morgan fingerprint density at radius 1 is 1.00 bits per heavy atom. The summed E-state index contributed by atoms with van der Waals surface area (Å²) >= 11 is 5.91. The van der Waals surface area contributed by atoms with Crippen LogP contribution in [0.2, 0.25) is 5.02 Å². The number of aryl methyl sites for hydroxylation is 2. The Hall–Kier alpha value is -1.72. The first-order valence-corrected chi connectivity index (χ1v) is 8.22. The molecule has 0 radical (unpaired) electrons. The molecule has 21 heavy (non-hydrogen) atoms. The van der Waals surface area contributed by atoms with E-state index >= 15 is 0 Å². The molecule has 0 aliphatic rings. The van der Waals surface area contributed by atoms with Crippen molar-refractivity contribution in [1.29, 1.82) is 0 Å². The maximum absolute atomic E-state index is 12.5. The van der Waals surface area contributed by atoms with Crippen molar-refractivity contribution in [1.82, 2.24) is 0 Å². The first kappa shape index (κ1) is 15.7. The highest BCUT2D eigenvalue weighted by Gasteiger charge is 2.19. The van der Waals surface area contributed by atoms with Crippen molar-refractivity contribution in [3.63, 3.8) is 0 Å². The number of nitrogens with two attached hydrogens (primary N) is 1. The molecule has 0 fully saturated rings. The van der Waals surface area contributed by atoms with Crippen molar-refractivity contribution in [2.75, 3.05) is 10.5 Å². The molecule has 0 heterocycles. The number of anilines is 2. The Morgan fingerprint density at radius 2 is 1.57 bits per heavy atom. The van der Waals surface area contributed by atoms with Gasteiger partial charge < -0.3 is 5.73 Å². The van der Waals surface area contributed by atoms with E-state index in [2.05, 4.69) is 4.72 Å². The van der Waals surface area contributed by atoms with Crippen LogP contribution in [0.4, 0.5) is 11.4 Å². The summed E-state index contributed by atoms with van der Waals surface area (Å²) in [5, 5.41) is 0.291. The number of nitrogen functional groups attached to an aromatic ring is 1. The van der Waals surface area contributed by atoms with Gasteiger partial charge in [0.15, 0.2) is 0 Å². The van der Waals surface area contributed by atoms with Gasteiger partial charge in [-0.25, -0.2) is 8.42 Å². The molecule has 0 bridgehead atoms. The zero-order chi connectivity index (χ0) is 15.8. The third-order valence-electron chi connectivity index (χ3n) is 3.13. The van der Waals surface area contributed by atoms with Gasteiger partial charge in [-0.15, -0.1) is 0 Å². The molecule has 2 aromatic rings. The minimum absolute atomic E-state index is 0.0895. The van der Waals surface area contributed by atoms with Crippen LogP contribution in [0.1, 0.15) is 16.7 Å². The average molecular weight is 325 g/mol. The van der Waals surface area contributed by atoms with Gasteiger partial charge >= 0.3 is 0 Å². The molecular weight excluding hydrogens is 308 g/mol. The van der Waals surface area contributed by atoms with Crippen molar-refractivity contribution in [3.8, 4) is 0 Å². The van der Waals surface area contributed by atoms with Crippen molar-refractivity contribution in [2.45, 2.75) is 25.7 Å². The lowest BCUT2D eigenvalue weighted by atomic mass is 10.1. The van der Waals surface area contributed by atoms with Gasteiger partial charge in [0.25, 0.3) is 10.0 Å². The van der Waals surface area contributed by atoms with Gasteiger partial charge in [0.05, 0.1) is 4.90 Å². The SMILES string of the molecule is Cc1cc(C)cc(NS(=O)(=O)c2cc(Cl)cc(N)c2C)c1. The number of halogens is 1. The highest BCUT2D eigenvalue weighted by molar-refractivity contribution is 7.92. The third-order valence-corrected chi connectivity index (χ3v) is 4.85. The van der Waals surface area contributed by atoms with E-state index in [0.717, 1.165) is 11.1 Å². The molecular formula is C15H17ClN2O2S. The van der Waals surface area contributed by atoms with Crippen molar-refractivity contribution < 1.29 is 8.42 Å². The fourth-order valence-corrected chi connectivity index (χ4v) is 3.83. The summed E-state index contributed by atoms with van der Waals surface area (Å²) in [4.78, 5) is 0.0895. The van der Waals surface area contributed by atoms with E-state index in [-0.39, 0.29) is 4.90 Å². The molecule has 112 valence electrons. The molecule has 0 saturated carbocycles. The molecule has 2 rings (SSSR count).